The molecular weight excluding hydrogens is 333 g/mol. The summed E-state index contributed by atoms with van der Waals surface area (Å²) in [7, 11) is 1.32. The lowest BCUT2D eigenvalue weighted by molar-refractivity contribution is -0.0859. The summed E-state index contributed by atoms with van der Waals surface area (Å²) in [6.45, 7) is -0.0482. The molecule has 2 aromatic rings. The summed E-state index contributed by atoms with van der Waals surface area (Å²) >= 11 is 3.15. The third kappa shape index (κ3) is 3.14. The number of rotatable bonds is 5. The van der Waals surface area contributed by atoms with E-state index in [9.17, 15) is 14.3 Å². The van der Waals surface area contributed by atoms with Gasteiger partial charge in [0.05, 0.1) is 13.1 Å². The van der Waals surface area contributed by atoms with Gasteiger partial charge in [-0.3, -0.25) is 4.57 Å². The molecule has 0 spiro atoms. The van der Waals surface area contributed by atoms with E-state index in [2.05, 4.69) is 25.8 Å². The molecule has 0 bridgehead atoms. The van der Waals surface area contributed by atoms with Gasteiger partial charge in [0.25, 0.3) is 0 Å². The molecule has 1 unspecified atom stereocenters. The first-order valence-corrected chi connectivity index (χ1v) is 6.59. The second kappa shape index (κ2) is 6.29. The van der Waals surface area contributed by atoms with E-state index >= 15 is 0 Å². The standard InChI is InChI=1S/C12H13BrFN3O3/c1-20-10(18)7-17-12(19)16(11(13)15-17)6-8-4-2-3-5-9(8)14/h2-5,10,18H,6-7H2,1H3. The Kier molecular flexibility index (Phi) is 4.69. The van der Waals surface area contributed by atoms with Crippen molar-refractivity contribution in [3.63, 3.8) is 0 Å². The fourth-order valence-electron chi connectivity index (χ4n) is 1.69. The lowest BCUT2D eigenvalue weighted by Crippen LogP contribution is -2.30. The summed E-state index contributed by atoms with van der Waals surface area (Å²) in [6.07, 6.45) is -1.13. The largest absolute Gasteiger partial charge is 0.366 e. The van der Waals surface area contributed by atoms with Crippen molar-refractivity contribution in [2.75, 3.05) is 7.11 Å². The predicted octanol–water partition coefficient (Wildman–Crippen LogP) is 0.960. The van der Waals surface area contributed by atoms with Crippen LogP contribution in [0.3, 0.4) is 0 Å². The van der Waals surface area contributed by atoms with E-state index in [-0.39, 0.29) is 17.8 Å². The molecule has 0 amide bonds. The Morgan fingerprint density at radius 2 is 2.20 bits per heavy atom. The number of aromatic nitrogens is 3. The first-order chi connectivity index (χ1) is 9.52. The second-order valence-electron chi connectivity index (χ2n) is 4.10. The van der Waals surface area contributed by atoms with Gasteiger partial charge in [0, 0.05) is 12.7 Å². The van der Waals surface area contributed by atoms with E-state index in [0.717, 1.165) is 4.68 Å². The van der Waals surface area contributed by atoms with Crippen LogP contribution in [-0.4, -0.2) is 32.9 Å². The molecule has 1 aromatic heterocycles. The van der Waals surface area contributed by atoms with Crippen LogP contribution in [0.15, 0.2) is 33.8 Å². The van der Waals surface area contributed by atoms with Crippen LogP contribution in [0.2, 0.25) is 0 Å². The Labute approximate surface area is 122 Å². The lowest BCUT2D eigenvalue weighted by Gasteiger charge is -2.06. The molecule has 0 saturated heterocycles. The van der Waals surface area contributed by atoms with E-state index in [1.807, 2.05) is 0 Å². The molecule has 8 heteroatoms. The first-order valence-electron chi connectivity index (χ1n) is 5.80. The average molecular weight is 346 g/mol. The van der Waals surface area contributed by atoms with Gasteiger partial charge in [0.15, 0.2) is 6.29 Å². The Morgan fingerprint density at radius 1 is 1.50 bits per heavy atom. The van der Waals surface area contributed by atoms with E-state index in [1.165, 1.54) is 17.7 Å². The monoisotopic (exact) mass is 345 g/mol. The molecule has 2 rings (SSSR count). The van der Waals surface area contributed by atoms with Gasteiger partial charge < -0.3 is 9.84 Å². The fraction of sp³-hybridized carbons (Fsp3) is 0.333. The number of ether oxygens (including phenoxy) is 1. The van der Waals surface area contributed by atoms with Gasteiger partial charge in [0.2, 0.25) is 4.73 Å². The number of methoxy groups -OCH3 is 1. The van der Waals surface area contributed by atoms with Crippen LogP contribution < -0.4 is 5.69 Å². The molecule has 0 saturated carbocycles. The van der Waals surface area contributed by atoms with Crippen molar-refractivity contribution in [3.05, 3.63) is 50.9 Å². The Balaban J connectivity index is 2.29. The minimum absolute atomic E-state index is 0.0508. The highest BCUT2D eigenvalue weighted by Gasteiger charge is 2.15. The minimum Gasteiger partial charge on any atom is -0.366 e. The summed E-state index contributed by atoms with van der Waals surface area (Å²) in [5.74, 6) is -0.393. The maximum atomic E-state index is 13.6. The number of aliphatic hydroxyl groups excluding tert-OH is 1. The predicted molar refractivity (Wildman–Crippen MR) is 72.7 cm³/mol. The molecule has 1 N–H and O–H groups in total. The topological polar surface area (TPSA) is 69.3 Å². The molecular formula is C12H13BrFN3O3. The normalized spacial score (nSPS) is 12.6. The third-order valence-electron chi connectivity index (χ3n) is 2.77. The zero-order chi connectivity index (χ0) is 14.7. The van der Waals surface area contributed by atoms with Crippen molar-refractivity contribution >= 4 is 15.9 Å². The van der Waals surface area contributed by atoms with Crippen LogP contribution in [0.5, 0.6) is 0 Å². The molecule has 1 atom stereocenters. The van der Waals surface area contributed by atoms with Gasteiger partial charge in [-0.25, -0.2) is 13.9 Å². The molecule has 0 radical (unpaired) electrons. The number of aliphatic hydroxyl groups is 1. The van der Waals surface area contributed by atoms with Crippen molar-refractivity contribution in [3.8, 4) is 0 Å². The van der Waals surface area contributed by atoms with Gasteiger partial charge in [0.1, 0.15) is 5.82 Å². The van der Waals surface area contributed by atoms with Crippen LogP contribution >= 0.6 is 15.9 Å². The Bertz CT molecular complexity index is 656. The summed E-state index contributed by atoms with van der Waals surface area (Å²) < 4.78 is 20.8. The SMILES string of the molecule is COC(O)Cn1nc(Br)n(Cc2ccccc2F)c1=O. The van der Waals surface area contributed by atoms with Crippen molar-refractivity contribution in [2.24, 2.45) is 0 Å². The highest BCUT2D eigenvalue weighted by Crippen LogP contribution is 2.11. The van der Waals surface area contributed by atoms with Crippen LogP contribution in [0.4, 0.5) is 4.39 Å². The quantitative estimate of drug-likeness (QED) is 0.819. The summed E-state index contributed by atoms with van der Waals surface area (Å²) in [4.78, 5) is 12.1. The Hall–Kier alpha value is -1.51. The summed E-state index contributed by atoms with van der Waals surface area (Å²) in [6, 6.07) is 6.19. The molecule has 0 aliphatic rings. The molecule has 0 aliphatic heterocycles. The highest BCUT2D eigenvalue weighted by molar-refractivity contribution is 9.10. The molecule has 108 valence electrons. The number of hydrogen-bond acceptors (Lipinski definition) is 4. The van der Waals surface area contributed by atoms with Crippen molar-refractivity contribution in [2.45, 2.75) is 19.4 Å². The van der Waals surface area contributed by atoms with Gasteiger partial charge in [-0.05, 0) is 22.0 Å². The molecule has 1 heterocycles. The van der Waals surface area contributed by atoms with Crippen LogP contribution in [-0.2, 0) is 17.8 Å². The number of hydrogen-bond donors (Lipinski definition) is 1. The minimum atomic E-state index is -1.13. The third-order valence-corrected chi connectivity index (χ3v) is 3.35. The van der Waals surface area contributed by atoms with Crippen molar-refractivity contribution in [1.29, 1.82) is 0 Å². The van der Waals surface area contributed by atoms with E-state index in [0.29, 0.717) is 5.56 Å². The number of nitrogens with zero attached hydrogens (tertiary/aromatic N) is 3. The molecule has 0 fully saturated rings. The summed E-state index contributed by atoms with van der Waals surface area (Å²) in [5, 5.41) is 13.3. The molecule has 0 aliphatic carbocycles. The van der Waals surface area contributed by atoms with E-state index < -0.39 is 17.8 Å². The van der Waals surface area contributed by atoms with E-state index in [4.69, 9.17) is 0 Å². The lowest BCUT2D eigenvalue weighted by atomic mass is 10.2. The molecule has 20 heavy (non-hydrogen) atoms. The smallest absolute Gasteiger partial charge is 0.347 e. The first kappa shape index (κ1) is 14.9. The average Bonchev–Trinajstić information content (AvgIpc) is 2.68. The van der Waals surface area contributed by atoms with Gasteiger partial charge in [-0.2, -0.15) is 0 Å². The van der Waals surface area contributed by atoms with Gasteiger partial charge in [-0.1, -0.05) is 18.2 Å². The zero-order valence-corrected chi connectivity index (χ0v) is 12.2. The number of benzene rings is 1. The van der Waals surface area contributed by atoms with Crippen LogP contribution in [0, 0.1) is 5.82 Å². The Morgan fingerprint density at radius 3 is 2.85 bits per heavy atom. The van der Waals surface area contributed by atoms with E-state index in [1.54, 1.807) is 18.2 Å². The summed E-state index contributed by atoms with van der Waals surface area (Å²) in [5.41, 5.74) is -0.0848. The van der Waals surface area contributed by atoms with Crippen molar-refractivity contribution in [1.82, 2.24) is 14.3 Å². The van der Waals surface area contributed by atoms with Gasteiger partial charge in [-0.15, -0.1) is 5.10 Å². The fourth-order valence-corrected chi connectivity index (χ4v) is 2.15. The second-order valence-corrected chi connectivity index (χ2v) is 4.81. The van der Waals surface area contributed by atoms with Gasteiger partial charge >= 0.3 is 5.69 Å². The maximum Gasteiger partial charge on any atom is 0.347 e. The zero-order valence-electron chi connectivity index (χ0n) is 10.7. The van der Waals surface area contributed by atoms with Crippen LogP contribution in [0.1, 0.15) is 5.56 Å². The van der Waals surface area contributed by atoms with Crippen LogP contribution in [0.25, 0.3) is 0 Å². The maximum absolute atomic E-state index is 13.6. The highest BCUT2D eigenvalue weighted by atomic mass is 79.9. The molecule has 1 aromatic carbocycles. The molecule has 6 nitrogen and oxygen atoms in total. The number of halogens is 2. The van der Waals surface area contributed by atoms with Crippen molar-refractivity contribution < 1.29 is 14.2 Å².